The minimum absolute atomic E-state index is 0.187. The van der Waals surface area contributed by atoms with Gasteiger partial charge >= 0.3 is 0 Å². The van der Waals surface area contributed by atoms with E-state index in [2.05, 4.69) is 18.3 Å². The molecule has 0 fully saturated rings. The number of ether oxygens (including phenoxy) is 1. The lowest BCUT2D eigenvalue weighted by Gasteiger charge is -2.21. The van der Waals surface area contributed by atoms with Gasteiger partial charge in [-0.2, -0.15) is 0 Å². The van der Waals surface area contributed by atoms with E-state index in [0.717, 1.165) is 16.7 Å². The highest BCUT2D eigenvalue weighted by molar-refractivity contribution is 6.31. The van der Waals surface area contributed by atoms with E-state index >= 15 is 0 Å². The first-order chi connectivity index (χ1) is 8.77. The predicted molar refractivity (Wildman–Crippen MR) is 76.9 cm³/mol. The molecular weight excluding hydrogens is 237 g/mol. The molecule has 0 aliphatic carbocycles. The zero-order chi connectivity index (χ0) is 14.4. The molecular formula is C15H18BNO2. The van der Waals surface area contributed by atoms with Gasteiger partial charge in [0.2, 0.25) is 0 Å². The largest absolute Gasteiger partial charge is 0.499 e. The Morgan fingerprint density at radius 2 is 1.74 bits per heavy atom. The Balaban J connectivity index is 2.69. The van der Waals surface area contributed by atoms with Gasteiger partial charge in [0.25, 0.3) is 5.91 Å². The summed E-state index contributed by atoms with van der Waals surface area (Å²) in [5.74, 6) is 0.303. The number of hydrogen-bond acceptors (Lipinski definition) is 2. The highest BCUT2D eigenvalue weighted by atomic mass is 16.5. The lowest BCUT2D eigenvalue weighted by Crippen LogP contribution is -2.42. The fourth-order valence-corrected chi connectivity index (χ4v) is 2.51. The van der Waals surface area contributed by atoms with Gasteiger partial charge in [0.15, 0.2) is 0 Å². The Morgan fingerprint density at radius 1 is 1.16 bits per heavy atom. The monoisotopic (exact) mass is 255 g/mol. The second-order valence-electron chi connectivity index (χ2n) is 5.32. The van der Waals surface area contributed by atoms with Gasteiger partial charge < -0.3 is 10.1 Å². The van der Waals surface area contributed by atoms with Crippen LogP contribution in [0.25, 0.3) is 5.57 Å². The first kappa shape index (κ1) is 13.7. The van der Waals surface area contributed by atoms with Gasteiger partial charge in [-0.3, -0.25) is 4.79 Å². The van der Waals surface area contributed by atoms with Crippen molar-refractivity contribution in [1.29, 1.82) is 0 Å². The van der Waals surface area contributed by atoms with E-state index in [4.69, 9.17) is 12.6 Å². The molecule has 1 amide bonds. The van der Waals surface area contributed by atoms with Crippen LogP contribution in [0.4, 0.5) is 0 Å². The first-order valence-corrected chi connectivity index (χ1v) is 6.26. The smallest absolute Gasteiger partial charge is 0.255 e. The highest BCUT2D eigenvalue weighted by Crippen LogP contribution is 2.34. The maximum Gasteiger partial charge on any atom is 0.255 e. The van der Waals surface area contributed by atoms with Crippen LogP contribution in [0.3, 0.4) is 0 Å². The molecule has 1 N–H and O–H groups in total. The van der Waals surface area contributed by atoms with Gasteiger partial charge in [0, 0.05) is 0 Å². The number of aryl methyl sites for hydroxylation is 3. The van der Waals surface area contributed by atoms with Crippen molar-refractivity contribution < 1.29 is 9.53 Å². The zero-order valence-corrected chi connectivity index (χ0v) is 12.0. The highest BCUT2D eigenvalue weighted by Gasteiger charge is 2.39. The van der Waals surface area contributed by atoms with E-state index in [-0.39, 0.29) is 5.91 Å². The minimum atomic E-state index is -0.952. The molecule has 1 aliphatic rings. The average molecular weight is 255 g/mol. The van der Waals surface area contributed by atoms with Gasteiger partial charge in [0.05, 0.1) is 18.1 Å². The minimum Gasteiger partial charge on any atom is -0.499 e. The summed E-state index contributed by atoms with van der Waals surface area (Å²) in [5.41, 5.74) is 3.85. The third kappa shape index (κ3) is 2.16. The molecule has 2 rings (SSSR count). The number of methoxy groups -OCH3 is 1. The van der Waals surface area contributed by atoms with Crippen LogP contribution in [0.2, 0.25) is 0 Å². The van der Waals surface area contributed by atoms with Crippen LogP contribution in [0.5, 0.6) is 0 Å². The molecule has 0 saturated heterocycles. The lowest BCUT2D eigenvalue weighted by molar-refractivity contribution is -0.115. The van der Waals surface area contributed by atoms with Crippen LogP contribution in [0, 0.1) is 20.8 Å². The summed E-state index contributed by atoms with van der Waals surface area (Å²) in [5, 5.41) is 2.74. The van der Waals surface area contributed by atoms with E-state index in [1.165, 1.54) is 12.7 Å². The Bertz CT molecular complexity index is 588. The maximum atomic E-state index is 12.2. The van der Waals surface area contributed by atoms with Crippen molar-refractivity contribution in [3.63, 3.8) is 0 Å². The van der Waals surface area contributed by atoms with Crippen molar-refractivity contribution in [1.82, 2.24) is 5.32 Å². The Kier molecular flexibility index (Phi) is 3.21. The predicted octanol–water partition coefficient (Wildman–Crippen LogP) is 1.98. The number of benzene rings is 1. The number of hydrogen-bond donors (Lipinski definition) is 1. The quantitative estimate of drug-likeness (QED) is 0.820. The van der Waals surface area contributed by atoms with Crippen molar-refractivity contribution in [2.75, 3.05) is 7.11 Å². The van der Waals surface area contributed by atoms with Gasteiger partial charge in [-0.25, -0.2) is 0 Å². The average Bonchev–Trinajstić information content (AvgIpc) is 2.52. The maximum absolute atomic E-state index is 12.2. The lowest BCUT2D eigenvalue weighted by atomic mass is 9.78. The second kappa shape index (κ2) is 4.44. The van der Waals surface area contributed by atoms with E-state index in [0.29, 0.717) is 11.3 Å². The Morgan fingerprint density at radius 3 is 2.32 bits per heavy atom. The fourth-order valence-electron chi connectivity index (χ4n) is 2.51. The van der Waals surface area contributed by atoms with Gasteiger partial charge in [-0.1, -0.05) is 12.1 Å². The molecule has 0 bridgehead atoms. The molecule has 1 atom stereocenters. The number of carbonyl (C=O) groups is 1. The molecule has 2 radical (unpaired) electrons. The molecule has 3 nitrogen and oxygen atoms in total. The number of rotatable bonds is 2. The molecule has 1 unspecified atom stereocenters. The molecule has 1 heterocycles. The zero-order valence-electron chi connectivity index (χ0n) is 12.0. The van der Waals surface area contributed by atoms with Crippen LogP contribution in [0.1, 0.15) is 29.2 Å². The van der Waals surface area contributed by atoms with Gasteiger partial charge in [-0.05, 0) is 49.9 Å². The third-order valence-corrected chi connectivity index (χ3v) is 3.61. The van der Waals surface area contributed by atoms with Gasteiger partial charge in [-0.15, -0.1) is 0 Å². The molecule has 0 spiro atoms. The Labute approximate surface area is 115 Å². The van der Waals surface area contributed by atoms with E-state index in [1.807, 2.05) is 19.9 Å². The van der Waals surface area contributed by atoms with Crippen LogP contribution >= 0.6 is 0 Å². The summed E-state index contributed by atoms with van der Waals surface area (Å²) in [4.78, 5) is 12.2. The van der Waals surface area contributed by atoms with Crippen molar-refractivity contribution in [2.45, 2.75) is 33.1 Å². The summed E-state index contributed by atoms with van der Waals surface area (Å²) in [7, 11) is 7.59. The Hall–Kier alpha value is -1.71. The summed E-state index contributed by atoms with van der Waals surface area (Å²) in [6.07, 6.45) is 0. The van der Waals surface area contributed by atoms with E-state index in [9.17, 15) is 4.79 Å². The normalized spacial score (nSPS) is 22.7. The third-order valence-electron chi connectivity index (χ3n) is 3.61. The molecule has 19 heavy (non-hydrogen) atoms. The standard InChI is InChI=1S/C15H18BNO2/c1-8-6-10(3)11(7-9(8)2)12-13(19-5)15(4,16)17-14(12)18/h6-7H,1-5H3,(H,17,18). The number of carbonyl (C=O) groups excluding carboxylic acids is 1. The van der Waals surface area contributed by atoms with Crippen LogP contribution in [-0.4, -0.2) is 26.3 Å². The van der Waals surface area contributed by atoms with Crippen molar-refractivity contribution in [3.8, 4) is 0 Å². The molecule has 1 aliphatic heterocycles. The summed E-state index contributed by atoms with van der Waals surface area (Å²) in [6.45, 7) is 7.80. The summed E-state index contributed by atoms with van der Waals surface area (Å²) >= 11 is 0. The molecule has 0 aromatic heterocycles. The van der Waals surface area contributed by atoms with Crippen molar-refractivity contribution >= 4 is 19.3 Å². The summed E-state index contributed by atoms with van der Waals surface area (Å²) in [6, 6.07) is 4.09. The summed E-state index contributed by atoms with van der Waals surface area (Å²) < 4.78 is 5.36. The van der Waals surface area contributed by atoms with Gasteiger partial charge in [0.1, 0.15) is 13.6 Å². The van der Waals surface area contributed by atoms with Crippen LogP contribution in [-0.2, 0) is 9.53 Å². The fraction of sp³-hybridized carbons (Fsp3) is 0.400. The van der Waals surface area contributed by atoms with Crippen LogP contribution in [0.15, 0.2) is 17.9 Å². The van der Waals surface area contributed by atoms with Crippen LogP contribution < -0.4 is 5.32 Å². The second-order valence-corrected chi connectivity index (χ2v) is 5.32. The van der Waals surface area contributed by atoms with E-state index < -0.39 is 5.44 Å². The topological polar surface area (TPSA) is 38.3 Å². The molecule has 98 valence electrons. The SMILES string of the molecule is [B]C1(C)NC(=O)C(c2cc(C)c(C)cc2C)=C1OC. The number of nitrogens with one attached hydrogen (secondary N) is 1. The number of amides is 1. The van der Waals surface area contributed by atoms with E-state index in [1.54, 1.807) is 6.92 Å². The first-order valence-electron chi connectivity index (χ1n) is 6.26. The molecule has 1 aromatic carbocycles. The van der Waals surface area contributed by atoms with Crippen molar-refractivity contribution in [3.05, 3.63) is 40.1 Å². The molecule has 1 aromatic rings. The molecule has 4 heteroatoms. The van der Waals surface area contributed by atoms with Crippen molar-refractivity contribution in [2.24, 2.45) is 0 Å². The molecule has 0 saturated carbocycles.